The molecule has 1 aromatic rings. The van der Waals surface area contributed by atoms with Gasteiger partial charge in [-0.1, -0.05) is 38.1 Å². The Balaban J connectivity index is 2.33. The van der Waals surface area contributed by atoms with Gasteiger partial charge in [-0.05, 0) is 56.9 Å². The number of rotatable bonds is 5. The highest BCUT2D eigenvalue weighted by Crippen LogP contribution is 2.51. The van der Waals surface area contributed by atoms with Gasteiger partial charge in [-0.3, -0.25) is 19.2 Å². The van der Waals surface area contributed by atoms with E-state index in [0.29, 0.717) is 11.1 Å². The van der Waals surface area contributed by atoms with Gasteiger partial charge >= 0.3 is 23.9 Å². The number of aliphatic hydroxyl groups excluding tert-OH is 1. The Labute approximate surface area is 252 Å². The van der Waals surface area contributed by atoms with Crippen molar-refractivity contribution in [3.63, 3.8) is 0 Å². The molecule has 10 nitrogen and oxygen atoms in total. The minimum Gasteiger partial charge on any atom is -0.512 e. The van der Waals surface area contributed by atoms with Crippen LogP contribution in [0.2, 0.25) is 0 Å². The Hall–Kier alpha value is -3.95. The highest BCUT2D eigenvalue weighted by molar-refractivity contribution is 5.89. The van der Waals surface area contributed by atoms with E-state index in [1.165, 1.54) is 26.8 Å². The summed E-state index contributed by atoms with van der Waals surface area (Å²) >= 11 is 0. The fourth-order valence-electron chi connectivity index (χ4n) is 6.15. The Kier molecular flexibility index (Phi) is 10.3. The summed E-state index contributed by atoms with van der Waals surface area (Å²) in [6.45, 7) is 12.0. The lowest BCUT2D eigenvalue weighted by Crippen LogP contribution is -2.55. The third-order valence-corrected chi connectivity index (χ3v) is 8.35. The van der Waals surface area contributed by atoms with Gasteiger partial charge in [0.25, 0.3) is 0 Å². The first-order valence-electron chi connectivity index (χ1n) is 14.4. The topological polar surface area (TPSA) is 143 Å². The fourth-order valence-corrected chi connectivity index (χ4v) is 6.15. The number of esters is 4. The predicted molar refractivity (Wildman–Crippen MR) is 156 cm³/mol. The molecule has 2 aliphatic carbocycles. The van der Waals surface area contributed by atoms with Gasteiger partial charge in [0.15, 0.2) is 5.60 Å². The number of ketones is 1. The third kappa shape index (κ3) is 7.35. The average molecular weight is 599 g/mol. The highest BCUT2D eigenvalue weighted by atomic mass is 16.6. The number of ether oxygens (including phenoxy) is 4. The van der Waals surface area contributed by atoms with Crippen LogP contribution in [0.25, 0.3) is 0 Å². The van der Waals surface area contributed by atoms with Gasteiger partial charge in [0, 0.05) is 33.1 Å². The van der Waals surface area contributed by atoms with E-state index >= 15 is 0 Å². The normalized spacial score (nSPS) is 30.7. The van der Waals surface area contributed by atoms with E-state index in [1.807, 2.05) is 6.92 Å². The van der Waals surface area contributed by atoms with Gasteiger partial charge in [-0.15, -0.1) is 0 Å². The van der Waals surface area contributed by atoms with Crippen LogP contribution in [0.1, 0.15) is 78.6 Å². The summed E-state index contributed by atoms with van der Waals surface area (Å²) in [4.78, 5) is 64.2. The Morgan fingerprint density at radius 3 is 2.05 bits per heavy atom. The Morgan fingerprint density at radius 2 is 1.49 bits per heavy atom. The number of hydrogen-bond acceptors (Lipinski definition) is 10. The first-order chi connectivity index (χ1) is 20.0. The molecule has 0 amide bonds. The summed E-state index contributed by atoms with van der Waals surface area (Å²) < 4.78 is 23.6. The number of carbonyl (C=O) groups excluding carboxylic acids is 5. The molecule has 1 aromatic carbocycles. The first-order valence-corrected chi connectivity index (χ1v) is 14.4. The van der Waals surface area contributed by atoms with Crippen LogP contribution in [0.4, 0.5) is 0 Å². The maximum atomic E-state index is 13.5. The van der Waals surface area contributed by atoms with Crippen LogP contribution in [0.5, 0.6) is 0 Å². The molecule has 7 atom stereocenters. The number of allylic oxidation sites excluding steroid dienone is 1. The van der Waals surface area contributed by atoms with Crippen LogP contribution in [-0.4, -0.2) is 58.7 Å². The van der Waals surface area contributed by atoms with Gasteiger partial charge in [0.2, 0.25) is 0 Å². The van der Waals surface area contributed by atoms with Crippen molar-refractivity contribution < 1.29 is 48.0 Å². The molecule has 1 N–H and O–H groups in total. The largest absolute Gasteiger partial charge is 0.512 e. The second-order valence-electron chi connectivity index (χ2n) is 12.2. The zero-order valence-electron chi connectivity index (χ0n) is 26.0. The lowest BCUT2D eigenvalue weighted by molar-refractivity contribution is -0.195. The van der Waals surface area contributed by atoms with Crippen molar-refractivity contribution in [1.82, 2.24) is 0 Å². The van der Waals surface area contributed by atoms with E-state index < -0.39 is 76.7 Å². The first kappa shape index (κ1) is 33.6. The lowest BCUT2D eigenvalue weighted by Gasteiger charge is -2.43. The van der Waals surface area contributed by atoms with Gasteiger partial charge in [0.05, 0.1) is 16.9 Å². The van der Waals surface area contributed by atoms with Crippen LogP contribution < -0.4 is 0 Å². The second kappa shape index (κ2) is 13.1. The van der Waals surface area contributed by atoms with Crippen LogP contribution in [0.3, 0.4) is 0 Å². The van der Waals surface area contributed by atoms with Gasteiger partial charge in [0.1, 0.15) is 29.9 Å². The van der Waals surface area contributed by atoms with Crippen molar-refractivity contribution in [1.29, 1.82) is 0 Å². The molecule has 7 unspecified atom stereocenters. The van der Waals surface area contributed by atoms with Crippen molar-refractivity contribution in [2.24, 2.45) is 23.2 Å². The minimum atomic E-state index is -1.57. The van der Waals surface area contributed by atoms with Crippen molar-refractivity contribution in [2.45, 2.75) is 92.1 Å². The fraction of sp³-hybridized carbons (Fsp3) is 0.545. The van der Waals surface area contributed by atoms with Gasteiger partial charge < -0.3 is 24.1 Å². The molecule has 234 valence electrons. The molecule has 0 radical (unpaired) electrons. The van der Waals surface area contributed by atoms with Crippen LogP contribution in [0, 0.1) is 23.2 Å². The quantitative estimate of drug-likeness (QED) is 0.278. The monoisotopic (exact) mass is 598 g/mol. The van der Waals surface area contributed by atoms with Gasteiger partial charge in [-0.25, -0.2) is 4.79 Å². The molecule has 0 aromatic heterocycles. The standard InChI is InChI=1S/C33H42O10/c1-18-14-25-29(42-31(39)24-12-10-9-11-13-24)20(3)17-33(25,43-23(6)36)30(41-22(5)35)19(2)15-27(37)32(7,8)28(38)16-26(18)40-21(4)34/h9-15,19-20,25-26,29-30,37H,16-17H2,1-8H3. The smallest absolute Gasteiger partial charge is 0.338 e. The molecular formula is C33H42O10. The number of carbonyl (C=O) groups is 5. The molecule has 0 bridgehead atoms. The highest BCUT2D eigenvalue weighted by Gasteiger charge is 2.62. The van der Waals surface area contributed by atoms with E-state index in [1.54, 1.807) is 64.1 Å². The van der Waals surface area contributed by atoms with E-state index in [9.17, 15) is 29.1 Å². The summed E-state index contributed by atoms with van der Waals surface area (Å²) in [5.74, 6) is -5.28. The SMILES string of the molecule is CC(=O)OC1CC(=O)C(C)(C)C(O)=CC(C)C(OC(C)=O)C2(OC(C)=O)CC(C)C(OC(=O)c3ccccc3)C2C=C1C. The maximum Gasteiger partial charge on any atom is 0.338 e. The van der Waals surface area contributed by atoms with E-state index in [4.69, 9.17) is 18.9 Å². The number of Topliss-reactive ketones (excluding diaryl/α,β-unsaturated/α-hetero) is 1. The second-order valence-corrected chi connectivity index (χ2v) is 12.2. The molecule has 1 fully saturated rings. The van der Waals surface area contributed by atoms with E-state index in [0.717, 1.165) is 0 Å². The zero-order chi connectivity index (χ0) is 32.3. The van der Waals surface area contributed by atoms with Crippen molar-refractivity contribution >= 4 is 29.7 Å². The molecule has 3 rings (SSSR count). The number of aliphatic hydroxyl groups is 1. The van der Waals surface area contributed by atoms with Crippen LogP contribution in [-0.2, 0) is 38.1 Å². The number of hydrogen-bond donors (Lipinski definition) is 1. The number of fused-ring (bicyclic) bond motifs is 1. The Bertz CT molecular complexity index is 1310. The minimum absolute atomic E-state index is 0.130. The predicted octanol–water partition coefficient (Wildman–Crippen LogP) is 5.06. The zero-order valence-corrected chi connectivity index (χ0v) is 26.0. The van der Waals surface area contributed by atoms with Crippen molar-refractivity contribution in [3.05, 3.63) is 59.4 Å². The molecule has 1 saturated carbocycles. The summed E-state index contributed by atoms with van der Waals surface area (Å²) in [5.41, 5.74) is -2.19. The van der Waals surface area contributed by atoms with E-state index in [-0.39, 0.29) is 18.6 Å². The summed E-state index contributed by atoms with van der Waals surface area (Å²) in [7, 11) is 0. The van der Waals surface area contributed by atoms with Crippen LogP contribution in [0.15, 0.2) is 53.8 Å². The third-order valence-electron chi connectivity index (χ3n) is 8.35. The average Bonchev–Trinajstić information content (AvgIpc) is 3.15. The number of benzene rings is 1. The molecule has 0 aliphatic heterocycles. The molecule has 2 aliphatic rings. The molecule has 0 heterocycles. The van der Waals surface area contributed by atoms with Crippen LogP contribution >= 0.6 is 0 Å². The lowest BCUT2D eigenvalue weighted by atomic mass is 9.74. The van der Waals surface area contributed by atoms with Gasteiger partial charge in [-0.2, -0.15) is 0 Å². The maximum absolute atomic E-state index is 13.5. The summed E-state index contributed by atoms with van der Waals surface area (Å²) in [6, 6.07) is 8.41. The molecule has 10 heteroatoms. The Morgan fingerprint density at radius 1 is 0.884 bits per heavy atom. The molecule has 43 heavy (non-hydrogen) atoms. The van der Waals surface area contributed by atoms with E-state index in [2.05, 4.69) is 0 Å². The molecular weight excluding hydrogens is 556 g/mol. The summed E-state index contributed by atoms with van der Waals surface area (Å²) in [6.07, 6.45) is -0.0730. The van der Waals surface area contributed by atoms with Crippen molar-refractivity contribution in [3.8, 4) is 0 Å². The molecule has 0 spiro atoms. The van der Waals surface area contributed by atoms with Crippen molar-refractivity contribution in [2.75, 3.05) is 0 Å². The summed E-state index contributed by atoms with van der Waals surface area (Å²) in [5, 5.41) is 11.2. The molecule has 0 saturated heterocycles.